The van der Waals surface area contributed by atoms with Gasteiger partial charge in [-0.3, -0.25) is 0 Å². The second-order valence-corrected chi connectivity index (χ2v) is 19.9. The lowest BCUT2D eigenvalue weighted by molar-refractivity contribution is 0.449. The van der Waals surface area contributed by atoms with Gasteiger partial charge >= 0.3 is 0 Å². The minimum absolute atomic E-state index is 0.00820. The van der Waals surface area contributed by atoms with Crippen LogP contribution in [0, 0.1) is 0 Å². The Morgan fingerprint density at radius 2 is 0.810 bits per heavy atom. The molecule has 4 nitrogen and oxygen atoms in total. The molecule has 58 heavy (non-hydrogen) atoms. The predicted octanol–water partition coefficient (Wildman–Crippen LogP) is 10.0. The molecule has 4 aliphatic rings. The molecule has 0 radical (unpaired) electrons. The van der Waals surface area contributed by atoms with E-state index >= 15 is 0 Å². The van der Waals surface area contributed by atoms with Gasteiger partial charge in [0.05, 0.1) is 0 Å². The van der Waals surface area contributed by atoms with Gasteiger partial charge in [-0.05, 0) is 92.3 Å². The number of rotatable bonds is 4. The Morgan fingerprint density at radius 1 is 0.397 bits per heavy atom. The molecular formula is C50H40B2O4S2. The van der Waals surface area contributed by atoms with Crippen LogP contribution in [0.3, 0.4) is 0 Å². The maximum atomic E-state index is 6.95. The lowest BCUT2D eigenvalue weighted by Crippen LogP contribution is -2.61. The third-order valence-electron chi connectivity index (χ3n) is 11.7. The molecule has 11 rings (SSSR count). The molecule has 0 bridgehead atoms. The van der Waals surface area contributed by atoms with Crippen molar-refractivity contribution in [3.63, 3.8) is 0 Å². The van der Waals surface area contributed by atoms with Gasteiger partial charge in [-0.25, -0.2) is 0 Å². The standard InChI is InChI=1S/C50H40B2O4S2/c1-49(2,3)29-15-19-31(20-16-29)53-33-23-41-47-45(25-33)57-43-13-9-7-11-35(43)51(47)37-27-38-40(28-39(37)55-41)56-42-24-34(54-32-21-17-30(18-22-32)50(4,5)6)26-46-48(42)52(38)36-12-8-10-14-44(36)58-46/h7-28H,1-6H3. The average Bonchev–Trinajstić information content (AvgIpc) is 3.19. The van der Waals surface area contributed by atoms with E-state index < -0.39 is 0 Å². The van der Waals surface area contributed by atoms with Crippen LogP contribution in [0.15, 0.2) is 153 Å². The van der Waals surface area contributed by atoms with Crippen molar-refractivity contribution in [2.75, 3.05) is 0 Å². The van der Waals surface area contributed by atoms with E-state index in [1.807, 2.05) is 0 Å². The van der Waals surface area contributed by atoms with Gasteiger partial charge < -0.3 is 18.9 Å². The summed E-state index contributed by atoms with van der Waals surface area (Å²) in [4.78, 5) is 4.78. The zero-order valence-corrected chi connectivity index (χ0v) is 34.9. The summed E-state index contributed by atoms with van der Waals surface area (Å²) in [6, 6.07) is 47.3. The minimum Gasteiger partial charge on any atom is -0.458 e. The molecule has 0 N–H and O–H groups in total. The predicted molar refractivity (Wildman–Crippen MR) is 240 cm³/mol. The van der Waals surface area contributed by atoms with E-state index in [-0.39, 0.29) is 24.3 Å². The number of ether oxygens (including phenoxy) is 4. The fourth-order valence-corrected chi connectivity index (χ4v) is 11.2. The van der Waals surface area contributed by atoms with Gasteiger partial charge in [0, 0.05) is 37.8 Å². The number of fused-ring (bicyclic) bond motifs is 8. The van der Waals surface area contributed by atoms with E-state index in [1.165, 1.54) is 42.8 Å². The molecular weight excluding hydrogens is 750 g/mol. The first kappa shape index (κ1) is 35.7. The highest BCUT2D eigenvalue weighted by atomic mass is 32.2. The molecule has 7 aromatic rings. The largest absolute Gasteiger partial charge is 0.458 e. The molecule has 0 saturated carbocycles. The Balaban J connectivity index is 1.01. The van der Waals surface area contributed by atoms with Gasteiger partial charge in [-0.2, -0.15) is 0 Å². The molecule has 0 aliphatic carbocycles. The Hall–Kier alpha value is -5.43. The number of hydrogen-bond acceptors (Lipinski definition) is 6. The van der Waals surface area contributed by atoms with Crippen LogP contribution < -0.4 is 51.7 Å². The highest BCUT2D eigenvalue weighted by Gasteiger charge is 2.44. The maximum Gasteiger partial charge on any atom is 0.253 e. The molecule has 0 spiro atoms. The summed E-state index contributed by atoms with van der Waals surface area (Å²) in [5.74, 6) is 6.30. The van der Waals surface area contributed by atoms with Gasteiger partial charge in [0.2, 0.25) is 0 Å². The molecule has 8 heteroatoms. The fraction of sp³-hybridized carbons (Fsp3) is 0.160. The molecule has 0 saturated heterocycles. The lowest BCUT2D eigenvalue weighted by Gasteiger charge is -2.36. The number of hydrogen-bond donors (Lipinski definition) is 0. The van der Waals surface area contributed by atoms with Crippen molar-refractivity contribution in [2.45, 2.75) is 72.0 Å². The molecule has 0 aromatic heterocycles. The summed E-state index contributed by atoms with van der Waals surface area (Å²) >= 11 is 3.57. The average molecular weight is 791 g/mol. The summed E-state index contributed by atoms with van der Waals surface area (Å²) in [5, 5.41) is 0. The minimum atomic E-state index is -0.00820. The highest BCUT2D eigenvalue weighted by Crippen LogP contribution is 2.44. The quantitative estimate of drug-likeness (QED) is 0.165. The normalized spacial score (nSPS) is 14.1. The van der Waals surface area contributed by atoms with Crippen molar-refractivity contribution in [2.24, 2.45) is 0 Å². The van der Waals surface area contributed by atoms with E-state index in [2.05, 4.69) is 175 Å². The smallest absolute Gasteiger partial charge is 0.253 e. The van der Waals surface area contributed by atoms with E-state index in [1.54, 1.807) is 23.5 Å². The lowest BCUT2D eigenvalue weighted by atomic mass is 9.32. The third kappa shape index (κ3) is 5.95. The van der Waals surface area contributed by atoms with Gasteiger partial charge in [0.15, 0.2) is 0 Å². The van der Waals surface area contributed by atoms with E-state index in [9.17, 15) is 0 Å². The van der Waals surface area contributed by atoms with Crippen LogP contribution in [-0.2, 0) is 10.8 Å². The van der Waals surface area contributed by atoms with Crippen molar-refractivity contribution in [1.82, 2.24) is 0 Å². The summed E-state index contributed by atoms with van der Waals surface area (Å²) in [7, 11) is 0. The molecule has 0 atom stereocenters. The molecule has 0 amide bonds. The Morgan fingerprint density at radius 3 is 1.22 bits per heavy atom. The molecule has 0 fully saturated rings. The van der Waals surface area contributed by atoms with Crippen LogP contribution in [0.2, 0.25) is 0 Å². The Bertz CT molecular complexity index is 2630. The van der Waals surface area contributed by atoms with Gasteiger partial charge in [-0.1, -0.05) is 143 Å². The monoisotopic (exact) mass is 790 g/mol. The highest BCUT2D eigenvalue weighted by molar-refractivity contribution is 8.00. The molecule has 7 aromatic carbocycles. The van der Waals surface area contributed by atoms with E-state index in [0.29, 0.717) is 0 Å². The van der Waals surface area contributed by atoms with Crippen LogP contribution >= 0.6 is 23.5 Å². The van der Waals surface area contributed by atoms with Crippen molar-refractivity contribution in [3.8, 4) is 46.0 Å². The van der Waals surface area contributed by atoms with Crippen molar-refractivity contribution in [1.29, 1.82) is 0 Å². The Labute approximate surface area is 349 Å². The zero-order chi connectivity index (χ0) is 39.5. The van der Waals surface area contributed by atoms with Gasteiger partial charge in [0.25, 0.3) is 13.4 Å². The van der Waals surface area contributed by atoms with Crippen LogP contribution in [0.4, 0.5) is 0 Å². The van der Waals surface area contributed by atoms with Gasteiger partial charge in [0.1, 0.15) is 46.0 Å². The first-order valence-corrected chi connectivity index (χ1v) is 21.6. The van der Waals surface area contributed by atoms with Crippen LogP contribution in [0.5, 0.6) is 46.0 Å². The topological polar surface area (TPSA) is 36.9 Å². The van der Waals surface area contributed by atoms with E-state index in [0.717, 1.165) is 66.7 Å². The van der Waals surface area contributed by atoms with Gasteiger partial charge in [-0.15, -0.1) is 0 Å². The second-order valence-electron chi connectivity index (χ2n) is 17.7. The summed E-state index contributed by atoms with van der Waals surface area (Å²) in [6.45, 7) is 13.3. The summed E-state index contributed by atoms with van der Waals surface area (Å²) in [5.41, 5.74) is 9.90. The second kappa shape index (κ2) is 13.0. The maximum absolute atomic E-state index is 6.95. The first-order chi connectivity index (χ1) is 27.9. The Kier molecular flexibility index (Phi) is 8.03. The van der Waals surface area contributed by atoms with Crippen molar-refractivity contribution < 1.29 is 18.9 Å². The number of benzene rings is 7. The van der Waals surface area contributed by atoms with Crippen molar-refractivity contribution >= 4 is 69.7 Å². The zero-order valence-electron chi connectivity index (χ0n) is 33.3. The molecule has 0 unspecified atom stereocenters. The molecule has 4 aliphatic heterocycles. The molecule has 4 heterocycles. The SMILES string of the molecule is CC(C)(C)c1ccc(Oc2cc3c4c(c2)Sc2ccccc2B4c2cc4c(cc2O3)Oc2cc(Oc3ccc(C(C)(C)C)cc3)cc3c2B4c2ccccc2S3)cc1. The van der Waals surface area contributed by atoms with E-state index in [4.69, 9.17) is 18.9 Å². The van der Waals surface area contributed by atoms with Crippen molar-refractivity contribution in [3.05, 3.63) is 145 Å². The summed E-state index contributed by atoms with van der Waals surface area (Å²) in [6.07, 6.45) is 0. The molecule has 282 valence electrons. The summed E-state index contributed by atoms with van der Waals surface area (Å²) < 4.78 is 27.0. The fourth-order valence-electron chi connectivity index (χ4n) is 8.78. The van der Waals surface area contributed by atoms with Crippen LogP contribution in [-0.4, -0.2) is 13.4 Å². The first-order valence-electron chi connectivity index (χ1n) is 19.9. The van der Waals surface area contributed by atoms with Crippen LogP contribution in [0.1, 0.15) is 52.7 Å². The third-order valence-corrected chi connectivity index (χ3v) is 14.0. The van der Waals surface area contributed by atoms with Crippen LogP contribution in [0.25, 0.3) is 0 Å².